The van der Waals surface area contributed by atoms with E-state index in [9.17, 15) is 4.79 Å². The van der Waals surface area contributed by atoms with Gasteiger partial charge in [0.1, 0.15) is 0 Å². The molecular formula is C11H19O7P. The lowest BCUT2D eigenvalue weighted by molar-refractivity contribution is -0.136. The van der Waals surface area contributed by atoms with Crippen LogP contribution in [0.2, 0.25) is 0 Å². The van der Waals surface area contributed by atoms with Crippen molar-refractivity contribution >= 4 is 14.6 Å². The maximum absolute atomic E-state index is 11.3. The molecular weight excluding hydrogens is 275 g/mol. The first-order valence-corrected chi connectivity index (χ1v) is 6.68. The standard InChI is InChI=1S/C9H13O7P.C2H6/c1-12-7-6(4-5-15-17(11)14-3)16-9(10)8(7)13-2;1-2/h4,11H,5H2,1-3H3;1-2H3/b6-4+;. The molecule has 7 nitrogen and oxygen atoms in total. The molecule has 0 amide bonds. The molecule has 1 atom stereocenters. The number of carbonyl (C=O) groups excluding carboxylic acids is 1. The third-order valence-electron chi connectivity index (χ3n) is 1.84. The van der Waals surface area contributed by atoms with Gasteiger partial charge in [-0.2, -0.15) is 0 Å². The van der Waals surface area contributed by atoms with Gasteiger partial charge in [-0.15, -0.1) is 0 Å². The van der Waals surface area contributed by atoms with Gasteiger partial charge in [0, 0.05) is 7.11 Å². The molecule has 1 aliphatic rings. The summed E-state index contributed by atoms with van der Waals surface area (Å²) in [4.78, 5) is 20.3. The lowest BCUT2D eigenvalue weighted by Gasteiger charge is -2.05. The highest BCUT2D eigenvalue weighted by atomic mass is 31.2. The minimum atomic E-state index is -1.92. The zero-order chi connectivity index (χ0) is 14.8. The van der Waals surface area contributed by atoms with Crippen molar-refractivity contribution in [3.63, 3.8) is 0 Å². The van der Waals surface area contributed by atoms with Crippen molar-refractivity contribution in [3.05, 3.63) is 23.4 Å². The Balaban J connectivity index is 0.00000154. The molecule has 19 heavy (non-hydrogen) atoms. The van der Waals surface area contributed by atoms with E-state index in [1.807, 2.05) is 13.8 Å². The highest BCUT2D eigenvalue weighted by Crippen LogP contribution is 2.32. The molecule has 0 aromatic heterocycles. The van der Waals surface area contributed by atoms with E-state index in [0.717, 1.165) is 0 Å². The molecule has 1 N–H and O–H groups in total. The lowest BCUT2D eigenvalue weighted by Crippen LogP contribution is -2.00. The summed E-state index contributed by atoms with van der Waals surface area (Å²) in [6, 6.07) is 0. The first kappa shape index (κ1) is 17.9. The van der Waals surface area contributed by atoms with E-state index in [0.29, 0.717) is 0 Å². The zero-order valence-electron chi connectivity index (χ0n) is 11.6. The quantitative estimate of drug-likeness (QED) is 0.591. The van der Waals surface area contributed by atoms with Gasteiger partial charge in [0.25, 0.3) is 5.76 Å². The Labute approximate surface area is 113 Å². The van der Waals surface area contributed by atoms with Crippen LogP contribution in [0.25, 0.3) is 0 Å². The summed E-state index contributed by atoms with van der Waals surface area (Å²) in [6.07, 6.45) is 1.44. The Morgan fingerprint density at radius 1 is 1.21 bits per heavy atom. The van der Waals surface area contributed by atoms with Crippen LogP contribution < -0.4 is 0 Å². The van der Waals surface area contributed by atoms with E-state index in [1.165, 1.54) is 27.4 Å². The van der Waals surface area contributed by atoms with E-state index in [4.69, 9.17) is 23.6 Å². The number of hydrogen-bond acceptors (Lipinski definition) is 7. The van der Waals surface area contributed by atoms with E-state index < -0.39 is 14.6 Å². The Hall–Kier alpha value is -1.14. The van der Waals surface area contributed by atoms with Crippen molar-refractivity contribution < 1.29 is 32.9 Å². The van der Waals surface area contributed by atoms with Gasteiger partial charge in [-0.3, -0.25) is 0 Å². The third kappa shape index (κ3) is 5.16. The maximum Gasteiger partial charge on any atom is 0.383 e. The SMILES string of the molecule is CC.COC1=C(OC)/C(=C\COP(O)OC)OC1=O. The van der Waals surface area contributed by atoms with Crippen LogP contribution in [0, 0.1) is 0 Å². The van der Waals surface area contributed by atoms with E-state index in [2.05, 4.69) is 4.52 Å². The maximum atomic E-state index is 11.3. The molecule has 1 unspecified atom stereocenters. The summed E-state index contributed by atoms with van der Waals surface area (Å²) < 4.78 is 24.1. The van der Waals surface area contributed by atoms with Crippen molar-refractivity contribution in [2.45, 2.75) is 13.8 Å². The van der Waals surface area contributed by atoms with Gasteiger partial charge in [0.15, 0.2) is 5.76 Å². The van der Waals surface area contributed by atoms with Crippen molar-refractivity contribution in [2.75, 3.05) is 27.9 Å². The fourth-order valence-corrected chi connectivity index (χ4v) is 1.44. The second-order valence-electron chi connectivity index (χ2n) is 2.74. The number of rotatable bonds is 6. The second-order valence-corrected chi connectivity index (χ2v) is 3.84. The summed E-state index contributed by atoms with van der Waals surface area (Å²) >= 11 is 0. The van der Waals surface area contributed by atoms with Crippen LogP contribution in [0.3, 0.4) is 0 Å². The van der Waals surface area contributed by atoms with Gasteiger partial charge in [0.2, 0.25) is 5.76 Å². The molecule has 0 fully saturated rings. The molecule has 8 heteroatoms. The van der Waals surface area contributed by atoms with Crippen LogP contribution >= 0.6 is 8.60 Å². The molecule has 0 aromatic rings. The minimum absolute atomic E-state index is 0.00301. The topological polar surface area (TPSA) is 83.5 Å². The number of carbonyl (C=O) groups is 1. The largest absolute Gasteiger partial charge is 0.490 e. The zero-order valence-corrected chi connectivity index (χ0v) is 12.5. The van der Waals surface area contributed by atoms with Crippen LogP contribution in [0.1, 0.15) is 13.8 Å². The number of cyclic esters (lactones) is 1. The van der Waals surface area contributed by atoms with Gasteiger partial charge in [-0.05, 0) is 6.08 Å². The highest BCUT2D eigenvalue weighted by molar-refractivity contribution is 7.40. The molecule has 0 aliphatic carbocycles. The summed E-state index contributed by atoms with van der Waals surface area (Å²) in [7, 11) is 2.13. The fourth-order valence-electron chi connectivity index (χ4n) is 1.13. The first-order valence-electron chi connectivity index (χ1n) is 5.55. The van der Waals surface area contributed by atoms with Gasteiger partial charge in [-0.25, -0.2) is 4.79 Å². The molecule has 110 valence electrons. The molecule has 1 heterocycles. The van der Waals surface area contributed by atoms with Crippen LogP contribution in [0.15, 0.2) is 23.4 Å². The van der Waals surface area contributed by atoms with E-state index in [1.54, 1.807) is 0 Å². The molecule has 0 bridgehead atoms. The number of methoxy groups -OCH3 is 2. The van der Waals surface area contributed by atoms with Gasteiger partial charge >= 0.3 is 14.6 Å². The van der Waals surface area contributed by atoms with Crippen molar-refractivity contribution in [1.29, 1.82) is 0 Å². The second kappa shape index (κ2) is 9.75. The van der Waals surface area contributed by atoms with Crippen LogP contribution in [-0.4, -0.2) is 38.8 Å². The smallest absolute Gasteiger partial charge is 0.383 e. The molecule has 1 rings (SSSR count). The predicted molar refractivity (Wildman–Crippen MR) is 68.7 cm³/mol. The number of hydrogen-bond donors (Lipinski definition) is 1. The molecule has 0 aromatic carbocycles. The third-order valence-corrected chi connectivity index (χ3v) is 2.52. The van der Waals surface area contributed by atoms with Crippen LogP contribution in [-0.2, 0) is 28.1 Å². The predicted octanol–water partition coefficient (Wildman–Crippen LogP) is 1.84. The van der Waals surface area contributed by atoms with Crippen molar-refractivity contribution in [3.8, 4) is 0 Å². The van der Waals surface area contributed by atoms with Gasteiger partial charge in [0.05, 0.1) is 20.8 Å². The highest BCUT2D eigenvalue weighted by Gasteiger charge is 2.32. The number of ether oxygens (including phenoxy) is 3. The molecule has 1 aliphatic heterocycles. The Morgan fingerprint density at radius 2 is 1.79 bits per heavy atom. The van der Waals surface area contributed by atoms with Gasteiger partial charge < -0.3 is 28.2 Å². The summed E-state index contributed by atoms with van der Waals surface area (Å²) in [5, 5.41) is 0. The van der Waals surface area contributed by atoms with E-state index >= 15 is 0 Å². The van der Waals surface area contributed by atoms with Crippen molar-refractivity contribution in [1.82, 2.24) is 0 Å². The van der Waals surface area contributed by atoms with E-state index in [-0.39, 0.29) is 23.9 Å². The van der Waals surface area contributed by atoms with Gasteiger partial charge in [-0.1, -0.05) is 13.8 Å². The molecule has 0 saturated carbocycles. The Morgan fingerprint density at radius 3 is 2.26 bits per heavy atom. The average Bonchev–Trinajstić information content (AvgIpc) is 2.75. The summed E-state index contributed by atoms with van der Waals surface area (Å²) in [5.74, 6) is -0.250. The lowest BCUT2D eigenvalue weighted by atomic mass is 10.3. The Kier molecular flexibility index (Phi) is 9.16. The molecule has 0 radical (unpaired) electrons. The van der Waals surface area contributed by atoms with Crippen LogP contribution in [0.4, 0.5) is 0 Å². The molecule has 0 saturated heterocycles. The average molecular weight is 294 g/mol. The number of esters is 1. The molecule has 0 spiro atoms. The summed E-state index contributed by atoms with van der Waals surface area (Å²) in [6.45, 7) is 4.02. The monoisotopic (exact) mass is 294 g/mol. The van der Waals surface area contributed by atoms with Crippen molar-refractivity contribution in [2.24, 2.45) is 0 Å². The summed E-state index contributed by atoms with van der Waals surface area (Å²) in [5.41, 5.74) is 0. The van der Waals surface area contributed by atoms with Crippen LogP contribution in [0.5, 0.6) is 0 Å². The normalized spacial score (nSPS) is 17.8. The first-order chi connectivity index (χ1) is 9.13. The Bertz CT molecular complexity index is 351. The fraction of sp³-hybridized carbons (Fsp3) is 0.545. The minimum Gasteiger partial charge on any atom is -0.490 e.